The summed E-state index contributed by atoms with van der Waals surface area (Å²) >= 11 is 0. The number of hydrogen-bond acceptors (Lipinski definition) is 4. The van der Waals surface area contributed by atoms with Gasteiger partial charge in [0.05, 0.1) is 0 Å². The van der Waals surface area contributed by atoms with Gasteiger partial charge in [0, 0.05) is 18.2 Å². The van der Waals surface area contributed by atoms with Crippen LogP contribution in [0.25, 0.3) is 0 Å². The van der Waals surface area contributed by atoms with Gasteiger partial charge >= 0.3 is 0 Å². The molecule has 2 unspecified atom stereocenters. The molecule has 0 spiro atoms. The molecular weight excluding hydrogens is 212 g/mol. The second kappa shape index (κ2) is 5.34. The fraction of sp³-hybridized carbons (Fsp3) is 0.692. The van der Waals surface area contributed by atoms with Crippen LogP contribution in [0.4, 0.5) is 11.6 Å². The molecule has 0 saturated heterocycles. The molecule has 17 heavy (non-hydrogen) atoms. The summed E-state index contributed by atoms with van der Waals surface area (Å²) in [6.45, 7) is 7.28. The van der Waals surface area contributed by atoms with Gasteiger partial charge in [-0.1, -0.05) is 13.3 Å². The van der Waals surface area contributed by atoms with Crippen molar-refractivity contribution in [2.24, 2.45) is 5.92 Å². The van der Waals surface area contributed by atoms with E-state index in [9.17, 15) is 0 Å². The minimum absolute atomic E-state index is 0.623. The number of anilines is 2. The Morgan fingerprint density at radius 2 is 2.06 bits per heavy atom. The first-order valence-electron chi connectivity index (χ1n) is 6.58. The Hall–Kier alpha value is -1.32. The van der Waals surface area contributed by atoms with Gasteiger partial charge in [-0.15, -0.1) is 0 Å². The van der Waals surface area contributed by atoms with Crippen LogP contribution in [0.1, 0.15) is 38.7 Å². The highest BCUT2D eigenvalue weighted by Crippen LogP contribution is 2.37. The third kappa shape index (κ3) is 2.87. The molecule has 0 radical (unpaired) electrons. The molecule has 1 aromatic heterocycles. The van der Waals surface area contributed by atoms with Crippen LogP contribution in [0.3, 0.4) is 0 Å². The molecule has 0 amide bonds. The molecule has 1 aliphatic carbocycles. The lowest BCUT2D eigenvalue weighted by atomic mass is 10.2. The Kier molecular flexibility index (Phi) is 3.82. The monoisotopic (exact) mass is 234 g/mol. The summed E-state index contributed by atoms with van der Waals surface area (Å²) in [5.74, 6) is 2.77. The molecule has 2 N–H and O–H groups in total. The Morgan fingerprint density at radius 1 is 1.29 bits per heavy atom. The summed E-state index contributed by atoms with van der Waals surface area (Å²) in [5.41, 5.74) is 1.12. The van der Waals surface area contributed by atoms with E-state index in [-0.39, 0.29) is 0 Å². The molecular formula is C13H22N4. The molecule has 94 valence electrons. The normalized spacial score (nSPS) is 22.3. The highest BCUT2D eigenvalue weighted by Gasteiger charge is 2.36. The topological polar surface area (TPSA) is 49.8 Å². The second-order valence-corrected chi connectivity index (χ2v) is 4.76. The van der Waals surface area contributed by atoms with Crippen molar-refractivity contribution in [3.05, 3.63) is 11.9 Å². The van der Waals surface area contributed by atoms with Crippen molar-refractivity contribution in [2.45, 2.75) is 46.1 Å². The quantitative estimate of drug-likeness (QED) is 0.794. The first-order chi connectivity index (χ1) is 8.26. The average Bonchev–Trinajstić information content (AvgIpc) is 3.03. The van der Waals surface area contributed by atoms with Gasteiger partial charge in [-0.3, -0.25) is 0 Å². The molecule has 1 saturated carbocycles. The summed E-state index contributed by atoms with van der Waals surface area (Å²) in [7, 11) is 0. The minimum atomic E-state index is 0.623. The van der Waals surface area contributed by atoms with Gasteiger partial charge in [-0.2, -0.15) is 0 Å². The third-order valence-electron chi connectivity index (χ3n) is 3.33. The van der Waals surface area contributed by atoms with Crippen LogP contribution in [0.2, 0.25) is 0 Å². The lowest BCUT2D eigenvalue weighted by Gasteiger charge is -2.11. The lowest BCUT2D eigenvalue weighted by molar-refractivity contribution is 0.692. The maximum absolute atomic E-state index is 4.33. The van der Waals surface area contributed by atoms with Crippen LogP contribution >= 0.6 is 0 Å². The van der Waals surface area contributed by atoms with E-state index < -0.39 is 0 Å². The zero-order chi connectivity index (χ0) is 12.3. The van der Waals surface area contributed by atoms with Crippen molar-refractivity contribution >= 4 is 11.6 Å². The van der Waals surface area contributed by atoms with Gasteiger partial charge in [-0.25, -0.2) is 9.97 Å². The van der Waals surface area contributed by atoms with Gasteiger partial charge in [0.25, 0.3) is 0 Å². The summed E-state index contributed by atoms with van der Waals surface area (Å²) < 4.78 is 0. The summed E-state index contributed by atoms with van der Waals surface area (Å²) in [4.78, 5) is 8.58. The number of aromatic nitrogens is 2. The van der Waals surface area contributed by atoms with Crippen LogP contribution in [-0.2, 0) is 0 Å². The molecule has 0 aliphatic heterocycles. The van der Waals surface area contributed by atoms with E-state index in [1.165, 1.54) is 19.3 Å². The molecule has 0 bridgehead atoms. The third-order valence-corrected chi connectivity index (χ3v) is 3.33. The standard InChI is InChI=1S/C13H22N4/c1-4-6-10-7-11(10)17-13-9(3)12(14-5-2)15-8-16-13/h8,10-11H,4-7H2,1-3H3,(H2,14,15,16,17). The fourth-order valence-electron chi connectivity index (χ4n) is 2.23. The van der Waals surface area contributed by atoms with Crippen molar-refractivity contribution in [3.8, 4) is 0 Å². The first kappa shape index (κ1) is 12.1. The van der Waals surface area contributed by atoms with Gasteiger partial charge in [0.15, 0.2) is 0 Å². The van der Waals surface area contributed by atoms with Crippen LogP contribution in [0.15, 0.2) is 6.33 Å². The van der Waals surface area contributed by atoms with E-state index in [2.05, 4.69) is 41.4 Å². The largest absolute Gasteiger partial charge is 0.370 e. The Balaban J connectivity index is 1.99. The predicted octanol–water partition coefficient (Wildman–Crippen LogP) is 2.82. The molecule has 2 atom stereocenters. The van der Waals surface area contributed by atoms with Gasteiger partial charge < -0.3 is 10.6 Å². The molecule has 0 aromatic carbocycles. The van der Waals surface area contributed by atoms with E-state index in [1.54, 1.807) is 6.33 Å². The zero-order valence-electron chi connectivity index (χ0n) is 11.0. The average molecular weight is 234 g/mol. The molecule has 1 heterocycles. The van der Waals surface area contributed by atoms with Crippen molar-refractivity contribution in [2.75, 3.05) is 17.2 Å². The number of nitrogens with zero attached hydrogens (tertiary/aromatic N) is 2. The molecule has 1 aromatic rings. The van der Waals surface area contributed by atoms with Crippen molar-refractivity contribution in [3.63, 3.8) is 0 Å². The van der Waals surface area contributed by atoms with Crippen molar-refractivity contribution in [1.29, 1.82) is 0 Å². The van der Waals surface area contributed by atoms with E-state index in [1.807, 2.05) is 0 Å². The predicted molar refractivity (Wildman–Crippen MR) is 71.4 cm³/mol. The van der Waals surface area contributed by atoms with E-state index in [0.29, 0.717) is 6.04 Å². The first-order valence-corrected chi connectivity index (χ1v) is 6.58. The van der Waals surface area contributed by atoms with Crippen LogP contribution < -0.4 is 10.6 Å². The number of rotatable bonds is 6. The number of nitrogens with one attached hydrogen (secondary N) is 2. The fourth-order valence-corrected chi connectivity index (χ4v) is 2.23. The lowest BCUT2D eigenvalue weighted by Crippen LogP contribution is -2.10. The van der Waals surface area contributed by atoms with Crippen molar-refractivity contribution < 1.29 is 0 Å². The smallest absolute Gasteiger partial charge is 0.134 e. The zero-order valence-corrected chi connectivity index (χ0v) is 11.0. The molecule has 1 fully saturated rings. The van der Waals surface area contributed by atoms with E-state index in [0.717, 1.165) is 29.7 Å². The molecule has 4 heteroatoms. The summed E-state index contributed by atoms with van der Waals surface area (Å²) in [6, 6.07) is 0.623. The van der Waals surface area contributed by atoms with Gasteiger partial charge in [-0.05, 0) is 32.6 Å². The van der Waals surface area contributed by atoms with Crippen LogP contribution in [-0.4, -0.2) is 22.6 Å². The Morgan fingerprint density at radius 3 is 2.76 bits per heavy atom. The molecule has 4 nitrogen and oxygen atoms in total. The Bertz CT molecular complexity index is 378. The summed E-state index contributed by atoms with van der Waals surface area (Å²) in [5, 5.41) is 6.78. The highest BCUT2D eigenvalue weighted by atomic mass is 15.1. The SMILES string of the molecule is CCCC1CC1Nc1ncnc(NCC)c1C. The second-order valence-electron chi connectivity index (χ2n) is 4.76. The Labute approximate surface area is 103 Å². The van der Waals surface area contributed by atoms with Crippen molar-refractivity contribution in [1.82, 2.24) is 9.97 Å². The van der Waals surface area contributed by atoms with Gasteiger partial charge in [0.2, 0.25) is 0 Å². The minimum Gasteiger partial charge on any atom is -0.370 e. The maximum Gasteiger partial charge on any atom is 0.134 e. The summed E-state index contributed by atoms with van der Waals surface area (Å²) in [6.07, 6.45) is 5.51. The van der Waals surface area contributed by atoms with E-state index in [4.69, 9.17) is 0 Å². The van der Waals surface area contributed by atoms with Gasteiger partial charge in [0.1, 0.15) is 18.0 Å². The highest BCUT2D eigenvalue weighted by molar-refractivity contribution is 5.57. The van der Waals surface area contributed by atoms with Crippen LogP contribution in [0, 0.1) is 12.8 Å². The van der Waals surface area contributed by atoms with E-state index >= 15 is 0 Å². The van der Waals surface area contributed by atoms with Crippen LogP contribution in [0.5, 0.6) is 0 Å². The number of hydrogen-bond donors (Lipinski definition) is 2. The maximum atomic E-state index is 4.33. The molecule has 1 aliphatic rings. The molecule has 2 rings (SSSR count).